The van der Waals surface area contributed by atoms with Crippen molar-refractivity contribution < 1.29 is 17.9 Å². The van der Waals surface area contributed by atoms with Crippen LogP contribution in [0.15, 0.2) is 18.5 Å². The van der Waals surface area contributed by atoms with Crippen molar-refractivity contribution in [1.82, 2.24) is 19.0 Å². The second-order valence-electron chi connectivity index (χ2n) is 9.49. The zero-order chi connectivity index (χ0) is 22.6. The smallest absolute Gasteiger partial charge is 0.422 e. The first-order valence-corrected chi connectivity index (χ1v) is 11.9. The summed E-state index contributed by atoms with van der Waals surface area (Å²) in [6.07, 6.45) is 1.35. The van der Waals surface area contributed by atoms with Crippen LogP contribution < -0.4 is 9.62 Å². The summed E-state index contributed by atoms with van der Waals surface area (Å²) in [5.74, 6) is 0.979. The number of anilines is 1. The van der Waals surface area contributed by atoms with E-state index in [1.807, 2.05) is 0 Å². The van der Waals surface area contributed by atoms with E-state index in [9.17, 15) is 13.2 Å². The third-order valence-electron chi connectivity index (χ3n) is 5.81. The fourth-order valence-corrected chi connectivity index (χ4v) is 5.73. The van der Waals surface area contributed by atoms with E-state index in [1.165, 1.54) is 9.87 Å². The predicted octanol–water partition coefficient (Wildman–Crippen LogP) is 2.53. The monoisotopic (exact) mass is 447 g/mol. The zero-order valence-corrected chi connectivity index (χ0v) is 19.4. The van der Waals surface area contributed by atoms with Crippen LogP contribution in [0.4, 0.5) is 10.6 Å². The van der Waals surface area contributed by atoms with Crippen LogP contribution in [0, 0.1) is 19.8 Å². The van der Waals surface area contributed by atoms with Gasteiger partial charge >= 0.3 is 16.3 Å². The summed E-state index contributed by atoms with van der Waals surface area (Å²) >= 11 is 0. The van der Waals surface area contributed by atoms with Gasteiger partial charge in [0.15, 0.2) is 0 Å². The van der Waals surface area contributed by atoms with Crippen LogP contribution >= 0.6 is 0 Å². The Labute approximate surface area is 183 Å². The summed E-state index contributed by atoms with van der Waals surface area (Å²) in [6.45, 7) is 10.7. The summed E-state index contributed by atoms with van der Waals surface area (Å²) in [6, 6.07) is 3.90. The van der Waals surface area contributed by atoms with Crippen molar-refractivity contribution in [2.45, 2.75) is 52.7 Å². The molecule has 4 rings (SSSR count). The highest BCUT2D eigenvalue weighted by Crippen LogP contribution is 2.35. The molecular weight excluding hydrogens is 418 g/mol. The van der Waals surface area contributed by atoms with Gasteiger partial charge in [-0.25, -0.2) is 19.5 Å². The lowest BCUT2D eigenvalue weighted by molar-refractivity contribution is 0.0567. The van der Waals surface area contributed by atoms with Gasteiger partial charge < -0.3 is 9.64 Å². The van der Waals surface area contributed by atoms with Gasteiger partial charge in [0.25, 0.3) is 0 Å². The Morgan fingerprint density at radius 1 is 1.13 bits per heavy atom. The van der Waals surface area contributed by atoms with Gasteiger partial charge in [-0.15, -0.1) is 0 Å². The third kappa shape index (κ3) is 4.45. The van der Waals surface area contributed by atoms with E-state index in [0.717, 1.165) is 28.7 Å². The van der Waals surface area contributed by atoms with E-state index in [4.69, 9.17) is 4.74 Å². The Morgan fingerprint density at radius 3 is 2.55 bits per heavy atom. The van der Waals surface area contributed by atoms with E-state index in [1.54, 1.807) is 27.1 Å². The second kappa shape index (κ2) is 7.59. The highest BCUT2D eigenvalue weighted by Gasteiger charge is 2.45. The summed E-state index contributed by atoms with van der Waals surface area (Å²) in [5, 5.41) is 0.966. The van der Waals surface area contributed by atoms with Crippen molar-refractivity contribution in [3.8, 4) is 0 Å². The molecule has 2 bridgehead atoms. The van der Waals surface area contributed by atoms with Crippen LogP contribution in [0.1, 0.15) is 38.3 Å². The number of carbonyl (C=O) groups excluding carboxylic acids is 1. The molecule has 2 fully saturated rings. The molecule has 2 unspecified atom stereocenters. The molecule has 1 aromatic heterocycles. The van der Waals surface area contributed by atoms with Crippen LogP contribution in [0.3, 0.4) is 0 Å². The number of carbonyl (C=O) groups is 1. The van der Waals surface area contributed by atoms with Gasteiger partial charge in [-0.05, 0) is 70.2 Å². The van der Waals surface area contributed by atoms with E-state index in [2.05, 4.69) is 45.6 Å². The molecular formula is C21H29N5O4S. The first-order chi connectivity index (χ1) is 14.4. The SMILES string of the molecule is Cc1cc2ncnc(N3CC4CC(C3)N(S(=O)(=O)NC(=O)OC(C)(C)C)C4)c2cc1C. The maximum atomic E-state index is 12.9. The first-order valence-electron chi connectivity index (χ1n) is 10.4. The van der Waals surface area contributed by atoms with Crippen molar-refractivity contribution in [2.24, 2.45) is 5.92 Å². The number of rotatable bonds is 3. The summed E-state index contributed by atoms with van der Waals surface area (Å²) in [5.41, 5.74) is 2.43. The molecule has 2 saturated heterocycles. The molecule has 2 aliphatic rings. The number of fused-ring (bicyclic) bond motifs is 3. The number of benzene rings is 1. The van der Waals surface area contributed by atoms with Crippen LogP contribution in [0.25, 0.3) is 10.9 Å². The molecule has 2 atom stereocenters. The molecule has 2 aromatic rings. The lowest BCUT2D eigenvalue weighted by Crippen LogP contribution is -2.49. The summed E-state index contributed by atoms with van der Waals surface area (Å²) < 4.78 is 34.3. The maximum absolute atomic E-state index is 12.9. The van der Waals surface area contributed by atoms with Crippen LogP contribution in [0.2, 0.25) is 0 Å². The zero-order valence-electron chi connectivity index (χ0n) is 18.5. The van der Waals surface area contributed by atoms with Crippen molar-refractivity contribution in [1.29, 1.82) is 0 Å². The fourth-order valence-electron chi connectivity index (χ4n) is 4.40. The molecule has 31 heavy (non-hydrogen) atoms. The fraction of sp³-hybridized carbons (Fsp3) is 0.571. The molecule has 3 heterocycles. The number of hydrogen-bond donors (Lipinski definition) is 1. The van der Waals surface area contributed by atoms with Gasteiger partial charge in [0.2, 0.25) is 0 Å². The number of hydrogen-bond acceptors (Lipinski definition) is 7. The molecule has 1 amide bonds. The van der Waals surface area contributed by atoms with Crippen LogP contribution in [-0.2, 0) is 14.9 Å². The minimum absolute atomic E-state index is 0.158. The average molecular weight is 448 g/mol. The number of aromatic nitrogens is 2. The minimum Gasteiger partial charge on any atom is -0.443 e. The van der Waals surface area contributed by atoms with Crippen molar-refractivity contribution >= 4 is 33.0 Å². The van der Waals surface area contributed by atoms with Gasteiger partial charge in [-0.2, -0.15) is 12.7 Å². The number of ether oxygens (including phenoxy) is 1. The third-order valence-corrected chi connectivity index (χ3v) is 7.30. The summed E-state index contributed by atoms with van der Waals surface area (Å²) in [7, 11) is -4.00. The van der Waals surface area contributed by atoms with Gasteiger partial charge in [0, 0.05) is 31.1 Å². The van der Waals surface area contributed by atoms with Crippen molar-refractivity contribution in [2.75, 3.05) is 24.5 Å². The average Bonchev–Trinajstić information content (AvgIpc) is 2.94. The first kappa shape index (κ1) is 21.8. The minimum atomic E-state index is -4.00. The van der Waals surface area contributed by atoms with E-state index in [0.29, 0.717) is 19.6 Å². The molecule has 9 nitrogen and oxygen atoms in total. The van der Waals surface area contributed by atoms with Gasteiger partial charge in [0.05, 0.1) is 5.52 Å². The number of piperidine rings is 1. The molecule has 0 radical (unpaired) electrons. The van der Waals surface area contributed by atoms with E-state index in [-0.39, 0.29) is 12.0 Å². The maximum Gasteiger partial charge on any atom is 0.422 e. The molecule has 168 valence electrons. The lowest BCUT2D eigenvalue weighted by Gasteiger charge is -2.34. The highest BCUT2D eigenvalue weighted by atomic mass is 32.2. The van der Waals surface area contributed by atoms with Crippen molar-refractivity contribution in [3.05, 3.63) is 29.6 Å². The lowest BCUT2D eigenvalue weighted by atomic mass is 9.99. The van der Waals surface area contributed by atoms with Gasteiger partial charge in [-0.3, -0.25) is 0 Å². The number of aryl methyl sites for hydroxylation is 2. The molecule has 2 aliphatic heterocycles. The van der Waals surface area contributed by atoms with Crippen LogP contribution in [-0.4, -0.2) is 60.1 Å². The largest absolute Gasteiger partial charge is 0.443 e. The molecule has 0 spiro atoms. The van der Waals surface area contributed by atoms with Gasteiger partial charge in [-0.1, -0.05) is 0 Å². The molecule has 1 aromatic carbocycles. The van der Waals surface area contributed by atoms with Gasteiger partial charge in [0.1, 0.15) is 17.7 Å². The molecule has 10 heteroatoms. The predicted molar refractivity (Wildman–Crippen MR) is 118 cm³/mol. The van der Waals surface area contributed by atoms with E-state index < -0.39 is 21.9 Å². The number of amides is 1. The quantitative estimate of drug-likeness (QED) is 0.771. The standard InChI is InChI=1S/C21H29N5O4S/c1-13-6-17-18(7-14(13)2)22-12-23-19(17)25-9-15-8-16(11-25)26(10-15)31(28,29)24-20(27)30-21(3,4)5/h6-7,12,15-16H,8-11H2,1-5H3,(H,24,27). The molecule has 0 aliphatic carbocycles. The molecule has 0 saturated carbocycles. The normalized spacial score (nSPS) is 22.0. The number of nitrogens with zero attached hydrogens (tertiary/aromatic N) is 4. The second-order valence-corrected chi connectivity index (χ2v) is 11.1. The Hall–Kier alpha value is -2.46. The number of nitrogens with one attached hydrogen (secondary N) is 1. The Kier molecular flexibility index (Phi) is 5.33. The highest BCUT2D eigenvalue weighted by molar-refractivity contribution is 7.87. The van der Waals surface area contributed by atoms with E-state index >= 15 is 0 Å². The Morgan fingerprint density at radius 2 is 1.84 bits per heavy atom. The Balaban J connectivity index is 1.56. The molecule has 1 N–H and O–H groups in total. The summed E-state index contributed by atoms with van der Waals surface area (Å²) in [4.78, 5) is 23.1. The topological polar surface area (TPSA) is 105 Å². The van der Waals surface area contributed by atoms with Crippen molar-refractivity contribution in [3.63, 3.8) is 0 Å². The van der Waals surface area contributed by atoms with Crippen LogP contribution in [0.5, 0.6) is 0 Å². The Bertz CT molecular complexity index is 1130.